The van der Waals surface area contributed by atoms with E-state index in [2.05, 4.69) is 20.3 Å². The summed E-state index contributed by atoms with van der Waals surface area (Å²) in [4.78, 5) is 23.9. The standard InChI is InChI=1S/C19H13N5O2/c25-24(26)15-8-4-7-14(11-15)21-18-10-9-16-19(23-18)22-17(12-20-16)13-5-2-1-3-6-13/h1-12H,(H,21,22,23). The molecule has 7 heteroatoms. The molecule has 0 bridgehead atoms. The number of aromatic nitrogens is 3. The Morgan fingerprint density at radius 3 is 2.58 bits per heavy atom. The molecule has 4 aromatic rings. The summed E-state index contributed by atoms with van der Waals surface area (Å²) in [5.74, 6) is 0.539. The first-order valence-corrected chi connectivity index (χ1v) is 7.90. The summed E-state index contributed by atoms with van der Waals surface area (Å²) in [6.45, 7) is 0. The smallest absolute Gasteiger partial charge is 0.271 e. The van der Waals surface area contributed by atoms with Gasteiger partial charge in [0, 0.05) is 23.4 Å². The first kappa shape index (κ1) is 15.6. The zero-order chi connectivity index (χ0) is 17.9. The molecule has 0 atom stereocenters. The number of nitrogens with zero attached hydrogens (tertiary/aromatic N) is 4. The van der Waals surface area contributed by atoms with Gasteiger partial charge in [0.15, 0.2) is 5.65 Å². The number of rotatable bonds is 4. The molecule has 0 radical (unpaired) electrons. The van der Waals surface area contributed by atoms with E-state index in [0.29, 0.717) is 22.7 Å². The van der Waals surface area contributed by atoms with Crippen molar-refractivity contribution in [2.45, 2.75) is 0 Å². The van der Waals surface area contributed by atoms with Gasteiger partial charge in [0.05, 0.1) is 16.8 Å². The van der Waals surface area contributed by atoms with Crippen LogP contribution in [0.2, 0.25) is 0 Å². The number of pyridine rings is 1. The number of fused-ring (bicyclic) bond motifs is 1. The maximum Gasteiger partial charge on any atom is 0.271 e. The lowest BCUT2D eigenvalue weighted by molar-refractivity contribution is -0.384. The average Bonchev–Trinajstić information content (AvgIpc) is 2.68. The Hall–Kier alpha value is -3.87. The molecule has 0 aliphatic rings. The van der Waals surface area contributed by atoms with Crippen LogP contribution in [0.1, 0.15) is 0 Å². The minimum atomic E-state index is -0.434. The molecule has 26 heavy (non-hydrogen) atoms. The van der Waals surface area contributed by atoms with Crippen molar-refractivity contribution < 1.29 is 4.92 Å². The zero-order valence-corrected chi connectivity index (χ0v) is 13.5. The predicted molar refractivity (Wildman–Crippen MR) is 99.1 cm³/mol. The summed E-state index contributed by atoms with van der Waals surface area (Å²) in [5, 5.41) is 14.0. The molecular formula is C19H13N5O2. The van der Waals surface area contributed by atoms with Crippen molar-refractivity contribution in [3.05, 3.63) is 83.0 Å². The van der Waals surface area contributed by atoms with Gasteiger partial charge in [0.25, 0.3) is 5.69 Å². The van der Waals surface area contributed by atoms with Gasteiger partial charge in [0.2, 0.25) is 0 Å². The maximum absolute atomic E-state index is 10.9. The van der Waals surface area contributed by atoms with Gasteiger partial charge in [-0.3, -0.25) is 15.1 Å². The summed E-state index contributed by atoms with van der Waals surface area (Å²) in [6.07, 6.45) is 1.72. The number of non-ortho nitro benzene ring substituents is 1. The molecule has 7 nitrogen and oxygen atoms in total. The summed E-state index contributed by atoms with van der Waals surface area (Å²) < 4.78 is 0. The van der Waals surface area contributed by atoms with E-state index < -0.39 is 4.92 Å². The summed E-state index contributed by atoms with van der Waals surface area (Å²) in [7, 11) is 0. The number of anilines is 2. The van der Waals surface area contributed by atoms with Crippen molar-refractivity contribution in [3.8, 4) is 11.3 Å². The van der Waals surface area contributed by atoms with E-state index in [1.807, 2.05) is 36.4 Å². The Bertz CT molecular complexity index is 1100. The van der Waals surface area contributed by atoms with E-state index >= 15 is 0 Å². The van der Waals surface area contributed by atoms with Crippen molar-refractivity contribution in [1.82, 2.24) is 15.0 Å². The molecule has 2 aromatic heterocycles. The van der Waals surface area contributed by atoms with Gasteiger partial charge in [0.1, 0.15) is 11.3 Å². The van der Waals surface area contributed by atoms with Crippen molar-refractivity contribution in [3.63, 3.8) is 0 Å². The highest BCUT2D eigenvalue weighted by molar-refractivity contribution is 5.76. The van der Waals surface area contributed by atoms with Crippen LogP contribution >= 0.6 is 0 Å². The highest BCUT2D eigenvalue weighted by atomic mass is 16.6. The quantitative estimate of drug-likeness (QED) is 0.437. The van der Waals surface area contributed by atoms with Gasteiger partial charge in [-0.05, 0) is 18.2 Å². The Morgan fingerprint density at radius 2 is 1.77 bits per heavy atom. The Labute approximate surface area is 148 Å². The minimum absolute atomic E-state index is 0.0157. The number of benzene rings is 2. The van der Waals surface area contributed by atoms with E-state index in [0.717, 1.165) is 11.3 Å². The van der Waals surface area contributed by atoms with Crippen LogP contribution in [0.25, 0.3) is 22.4 Å². The van der Waals surface area contributed by atoms with Crippen LogP contribution in [-0.2, 0) is 0 Å². The fourth-order valence-corrected chi connectivity index (χ4v) is 2.56. The largest absolute Gasteiger partial charge is 0.340 e. The Morgan fingerprint density at radius 1 is 0.923 bits per heavy atom. The first-order chi connectivity index (χ1) is 12.7. The third-order valence-corrected chi connectivity index (χ3v) is 3.81. The summed E-state index contributed by atoms with van der Waals surface area (Å²) in [6, 6.07) is 19.6. The van der Waals surface area contributed by atoms with Crippen LogP contribution in [0.3, 0.4) is 0 Å². The van der Waals surface area contributed by atoms with E-state index in [-0.39, 0.29) is 5.69 Å². The van der Waals surface area contributed by atoms with E-state index in [1.165, 1.54) is 12.1 Å². The van der Waals surface area contributed by atoms with Crippen LogP contribution < -0.4 is 5.32 Å². The molecule has 0 spiro atoms. The van der Waals surface area contributed by atoms with E-state index in [9.17, 15) is 10.1 Å². The molecule has 2 heterocycles. The lowest BCUT2D eigenvalue weighted by atomic mass is 10.2. The van der Waals surface area contributed by atoms with Crippen molar-refractivity contribution >= 4 is 28.4 Å². The van der Waals surface area contributed by atoms with E-state index in [4.69, 9.17) is 0 Å². The van der Waals surface area contributed by atoms with Gasteiger partial charge in [-0.15, -0.1) is 0 Å². The topological polar surface area (TPSA) is 93.8 Å². The lowest BCUT2D eigenvalue weighted by Gasteiger charge is -2.07. The molecule has 0 amide bonds. The lowest BCUT2D eigenvalue weighted by Crippen LogP contribution is -1.97. The summed E-state index contributed by atoms with van der Waals surface area (Å²) in [5.41, 5.74) is 3.47. The second-order valence-corrected chi connectivity index (χ2v) is 5.59. The molecule has 1 N–H and O–H groups in total. The van der Waals surface area contributed by atoms with Crippen LogP contribution in [0.15, 0.2) is 72.9 Å². The molecule has 0 aliphatic carbocycles. The van der Waals surface area contributed by atoms with Gasteiger partial charge in [-0.25, -0.2) is 9.97 Å². The SMILES string of the molecule is O=[N+]([O-])c1cccc(Nc2ccc3ncc(-c4ccccc4)nc3n2)c1. The van der Waals surface area contributed by atoms with Crippen LogP contribution in [0, 0.1) is 10.1 Å². The second-order valence-electron chi connectivity index (χ2n) is 5.59. The fraction of sp³-hybridized carbons (Fsp3) is 0. The molecule has 0 saturated carbocycles. The molecule has 0 unspecified atom stereocenters. The van der Waals surface area contributed by atoms with Crippen molar-refractivity contribution in [2.75, 3.05) is 5.32 Å². The predicted octanol–water partition coefficient (Wildman–Crippen LogP) is 4.34. The van der Waals surface area contributed by atoms with Crippen LogP contribution in [0.4, 0.5) is 17.2 Å². The van der Waals surface area contributed by atoms with Crippen molar-refractivity contribution in [1.29, 1.82) is 0 Å². The van der Waals surface area contributed by atoms with E-state index in [1.54, 1.807) is 24.4 Å². The minimum Gasteiger partial charge on any atom is -0.340 e. The van der Waals surface area contributed by atoms with Gasteiger partial charge in [-0.1, -0.05) is 36.4 Å². The number of hydrogen-bond donors (Lipinski definition) is 1. The fourth-order valence-electron chi connectivity index (χ4n) is 2.56. The molecule has 0 fully saturated rings. The maximum atomic E-state index is 10.9. The summed E-state index contributed by atoms with van der Waals surface area (Å²) >= 11 is 0. The first-order valence-electron chi connectivity index (χ1n) is 7.90. The highest BCUT2D eigenvalue weighted by Gasteiger charge is 2.08. The van der Waals surface area contributed by atoms with Crippen LogP contribution in [-0.4, -0.2) is 19.9 Å². The number of nitro groups is 1. The van der Waals surface area contributed by atoms with Gasteiger partial charge in [-0.2, -0.15) is 0 Å². The van der Waals surface area contributed by atoms with Gasteiger partial charge >= 0.3 is 0 Å². The molecule has 4 rings (SSSR count). The number of nitro benzene ring substituents is 1. The Balaban J connectivity index is 1.68. The Kier molecular flexibility index (Phi) is 3.95. The second kappa shape index (κ2) is 6.56. The monoisotopic (exact) mass is 343 g/mol. The normalized spacial score (nSPS) is 10.6. The molecule has 2 aromatic carbocycles. The number of hydrogen-bond acceptors (Lipinski definition) is 6. The number of nitrogens with one attached hydrogen (secondary N) is 1. The molecular weight excluding hydrogens is 330 g/mol. The molecule has 0 saturated heterocycles. The molecule has 0 aliphatic heterocycles. The molecule has 126 valence electrons. The third-order valence-electron chi connectivity index (χ3n) is 3.81. The zero-order valence-electron chi connectivity index (χ0n) is 13.5. The van der Waals surface area contributed by atoms with Crippen molar-refractivity contribution in [2.24, 2.45) is 0 Å². The van der Waals surface area contributed by atoms with Gasteiger partial charge < -0.3 is 5.32 Å². The highest BCUT2D eigenvalue weighted by Crippen LogP contribution is 2.22. The van der Waals surface area contributed by atoms with Crippen LogP contribution in [0.5, 0.6) is 0 Å². The average molecular weight is 343 g/mol. The third kappa shape index (κ3) is 3.18.